The van der Waals surface area contributed by atoms with Crippen LogP contribution in [-0.4, -0.2) is 15.0 Å². The maximum absolute atomic E-state index is 5.78. The molecule has 2 aliphatic rings. The third-order valence-electron chi connectivity index (χ3n) is 12.5. The number of hydrogen-bond acceptors (Lipinski definition) is 5. The highest BCUT2D eigenvalue weighted by atomic mass is 32.1. The zero-order valence-electron chi connectivity index (χ0n) is 33.5. The van der Waals surface area contributed by atoms with Gasteiger partial charge in [-0.15, -0.1) is 22.7 Å². The summed E-state index contributed by atoms with van der Waals surface area (Å²) in [6.45, 7) is 2.37. The summed E-state index contributed by atoms with van der Waals surface area (Å²) in [6, 6.07) is 54.7. The highest BCUT2D eigenvalue weighted by Gasteiger charge is 2.29. The summed E-state index contributed by atoms with van der Waals surface area (Å²) in [5, 5.41) is 5.26. The molecule has 6 aromatic carbocycles. The van der Waals surface area contributed by atoms with Crippen molar-refractivity contribution in [2.45, 2.75) is 31.6 Å². The average molecular weight is 818 g/mol. The molecule has 0 fully saturated rings. The van der Waals surface area contributed by atoms with E-state index in [1.54, 1.807) is 0 Å². The second-order valence-electron chi connectivity index (χ2n) is 16.2. The van der Waals surface area contributed by atoms with E-state index in [4.69, 9.17) is 15.0 Å². The number of fused-ring (bicyclic) bond motifs is 8. The number of nitrogens with zero attached hydrogens (tertiary/aromatic N) is 3. The Kier molecular flexibility index (Phi) is 8.72. The van der Waals surface area contributed by atoms with Crippen LogP contribution in [0.4, 0.5) is 0 Å². The molecule has 4 heterocycles. The fourth-order valence-electron chi connectivity index (χ4n) is 9.42. The molecule has 0 saturated carbocycles. The quantitative estimate of drug-likeness (QED) is 0.168. The van der Waals surface area contributed by atoms with Gasteiger partial charge in [-0.25, -0.2) is 15.0 Å². The lowest BCUT2D eigenvalue weighted by molar-refractivity contribution is 0.769. The van der Waals surface area contributed by atoms with Crippen LogP contribution in [0.5, 0.6) is 0 Å². The normalized spacial score (nSPS) is 16.1. The van der Waals surface area contributed by atoms with Crippen LogP contribution in [-0.2, 0) is 0 Å². The van der Waals surface area contributed by atoms with Gasteiger partial charge in [0, 0.05) is 75.0 Å². The third-order valence-corrected chi connectivity index (χ3v) is 14.9. The summed E-state index contributed by atoms with van der Waals surface area (Å²) in [5.74, 6) is 1.41. The summed E-state index contributed by atoms with van der Waals surface area (Å²) in [4.78, 5) is 16.3. The van der Waals surface area contributed by atoms with Crippen molar-refractivity contribution in [1.29, 1.82) is 0 Å². The maximum atomic E-state index is 5.78. The van der Waals surface area contributed by atoms with E-state index in [0.29, 0.717) is 17.7 Å². The van der Waals surface area contributed by atoms with E-state index in [1.165, 1.54) is 62.6 Å². The van der Waals surface area contributed by atoms with E-state index < -0.39 is 0 Å². The van der Waals surface area contributed by atoms with Crippen LogP contribution < -0.4 is 0 Å². The number of benzene rings is 6. The number of thiophene rings is 2. The van der Waals surface area contributed by atoms with E-state index >= 15 is 0 Å². The molecule has 2 unspecified atom stereocenters. The minimum atomic E-state index is 0.325. The van der Waals surface area contributed by atoms with Crippen molar-refractivity contribution >= 4 is 68.6 Å². The van der Waals surface area contributed by atoms with Crippen molar-refractivity contribution in [2.75, 3.05) is 0 Å². The van der Waals surface area contributed by atoms with Gasteiger partial charge in [0.2, 0.25) is 0 Å². The molecule has 5 heteroatoms. The first-order valence-electron chi connectivity index (χ1n) is 21.1. The SMILES string of the molecule is CC1CC=C(c2cccc3c2sc2ccccc23)c2nc(-c3cccc(-c4nc(-c5ccccc5)cc(-c5ccc(C6C=CC=CC6)cc5)n4)c3)c3sc4ccccc4c3c21. The molecule has 12 rings (SSSR count). The van der Waals surface area contributed by atoms with Crippen molar-refractivity contribution in [1.82, 2.24) is 15.0 Å². The summed E-state index contributed by atoms with van der Waals surface area (Å²) >= 11 is 3.74. The predicted octanol–water partition coefficient (Wildman–Crippen LogP) is 15.8. The van der Waals surface area contributed by atoms with Crippen LogP contribution >= 0.6 is 22.7 Å². The van der Waals surface area contributed by atoms with Gasteiger partial charge in [0.05, 0.1) is 27.5 Å². The summed E-state index contributed by atoms with van der Waals surface area (Å²) in [6.07, 6.45) is 13.2. The first kappa shape index (κ1) is 36.1. The molecule has 2 atom stereocenters. The van der Waals surface area contributed by atoms with Crippen molar-refractivity contribution in [3.8, 4) is 45.2 Å². The van der Waals surface area contributed by atoms with Crippen LogP contribution in [0.1, 0.15) is 54.0 Å². The molecule has 10 aromatic rings. The monoisotopic (exact) mass is 817 g/mol. The van der Waals surface area contributed by atoms with Gasteiger partial charge in [-0.05, 0) is 54.2 Å². The molecule has 0 aliphatic heterocycles. The highest BCUT2D eigenvalue weighted by Crippen LogP contribution is 2.50. The maximum Gasteiger partial charge on any atom is 0.160 e. The van der Waals surface area contributed by atoms with Gasteiger partial charge in [-0.2, -0.15) is 0 Å². The first-order valence-corrected chi connectivity index (χ1v) is 22.7. The molecule has 0 N–H and O–H groups in total. The lowest BCUT2D eigenvalue weighted by Gasteiger charge is -2.25. The van der Waals surface area contributed by atoms with Gasteiger partial charge >= 0.3 is 0 Å². The lowest BCUT2D eigenvalue weighted by atomic mass is 9.81. The van der Waals surface area contributed by atoms with Crippen molar-refractivity contribution in [3.63, 3.8) is 0 Å². The van der Waals surface area contributed by atoms with Gasteiger partial charge < -0.3 is 0 Å². The smallest absolute Gasteiger partial charge is 0.160 e. The fourth-order valence-corrected chi connectivity index (χ4v) is 11.9. The zero-order chi connectivity index (χ0) is 40.4. The molecule has 3 nitrogen and oxygen atoms in total. The summed E-state index contributed by atoms with van der Waals surface area (Å²) in [7, 11) is 0. The van der Waals surface area contributed by atoms with Crippen LogP contribution in [0.15, 0.2) is 182 Å². The minimum absolute atomic E-state index is 0.325. The molecular formula is C56H39N3S2. The Morgan fingerprint density at radius 2 is 1.20 bits per heavy atom. The summed E-state index contributed by atoms with van der Waals surface area (Å²) in [5.41, 5.74) is 13.2. The molecule has 2 aliphatic carbocycles. The second-order valence-corrected chi connectivity index (χ2v) is 18.4. The average Bonchev–Trinajstić information content (AvgIpc) is 3.91. The Hall–Kier alpha value is -6.79. The Labute approximate surface area is 362 Å². The Balaban J connectivity index is 1.03. The number of aromatic nitrogens is 3. The van der Waals surface area contributed by atoms with Gasteiger partial charge in [-0.3, -0.25) is 0 Å². The van der Waals surface area contributed by atoms with E-state index in [9.17, 15) is 0 Å². The predicted molar refractivity (Wildman–Crippen MR) is 260 cm³/mol. The van der Waals surface area contributed by atoms with Crippen LogP contribution in [0.25, 0.3) is 91.1 Å². The topological polar surface area (TPSA) is 38.7 Å². The van der Waals surface area contributed by atoms with E-state index in [2.05, 4.69) is 183 Å². The summed E-state index contributed by atoms with van der Waals surface area (Å²) < 4.78 is 5.15. The van der Waals surface area contributed by atoms with E-state index in [-0.39, 0.29) is 0 Å². The van der Waals surface area contributed by atoms with Gasteiger partial charge in [0.15, 0.2) is 5.82 Å². The molecule has 4 aromatic heterocycles. The lowest BCUT2D eigenvalue weighted by Crippen LogP contribution is -2.09. The van der Waals surface area contributed by atoms with Crippen LogP contribution in [0, 0.1) is 0 Å². The molecule has 0 radical (unpaired) electrons. The van der Waals surface area contributed by atoms with Gasteiger partial charge in [0.1, 0.15) is 0 Å². The van der Waals surface area contributed by atoms with Gasteiger partial charge in [0.25, 0.3) is 0 Å². The first-order chi connectivity index (χ1) is 30.1. The Bertz CT molecular complexity index is 3440. The van der Waals surface area contributed by atoms with Crippen LogP contribution in [0.3, 0.4) is 0 Å². The zero-order valence-corrected chi connectivity index (χ0v) is 35.2. The van der Waals surface area contributed by atoms with Gasteiger partial charge in [-0.1, -0.05) is 165 Å². The fraction of sp³-hybridized carbons (Fsp3) is 0.0893. The van der Waals surface area contributed by atoms with E-state index in [0.717, 1.165) is 57.9 Å². The number of rotatable bonds is 6. The Morgan fingerprint density at radius 1 is 0.525 bits per heavy atom. The molecule has 0 amide bonds. The standard InChI is InChI=1S/C56H39N3S2/c1-34-26-31-42(44-23-13-22-43-41-20-8-10-24-48(41)60-54(43)44)53-50(34)51-45-21-9-11-25-49(45)61-55(51)52(59-53)39-18-12-19-40(32-39)56-57-46(37-16-6-3-7-17-37)33-47(58-56)38-29-27-36(28-30-38)35-14-4-2-5-15-35/h2-14,16-25,27-35H,15,26H2,1H3. The number of allylic oxidation sites excluding steroid dienone is 5. The molecule has 0 saturated heterocycles. The molecule has 0 spiro atoms. The molecular weight excluding hydrogens is 779 g/mol. The minimum Gasteiger partial charge on any atom is -0.246 e. The molecule has 0 bridgehead atoms. The number of pyridine rings is 1. The number of hydrogen-bond donors (Lipinski definition) is 0. The van der Waals surface area contributed by atoms with Crippen molar-refractivity contribution in [3.05, 3.63) is 204 Å². The van der Waals surface area contributed by atoms with Crippen molar-refractivity contribution in [2.24, 2.45) is 0 Å². The second kappa shape index (κ2) is 14.7. The van der Waals surface area contributed by atoms with Crippen molar-refractivity contribution < 1.29 is 0 Å². The van der Waals surface area contributed by atoms with E-state index in [1.807, 2.05) is 28.7 Å². The highest BCUT2D eigenvalue weighted by molar-refractivity contribution is 7.26. The molecule has 290 valence electrons. The Morgan fingerprint density at radius 3 is 2.00 bits per heavy atom. The van der Waals surface area contributed by atoms with Crippen LogP contribution in [0.2, 0.25) is 0 Å². The third kappa shape index (κ3) is 6.18. The molecule has 61 heavy (non-hydrogen) atoms. The largest absolute Gasteiger partial charge is 0.246 e.